The Morgan fingerprint density at radius 1 is 0.905 bits per heavy atom. The van der Waals surface area contributed by atoms with Crippen LogP contribution in [-0.4, -0.2) is 19.9 Å². The predicted octanol–water partition coefficient (Wildman–Crippen LogP) is 3.47. The van der Waals surface area contributed by atoms with Gasteiger partial charge in [0, 0.05) is 5.56 Å². The van der Waals surface area contributed by atoms with E-state index in [1.165, 1.54) is 11.1 Å². The van der Waals surface area contributed by atoms with Crippen molar-refractivity contribution in [1.82, 2.24) is 0 Å². The molecular weight excluding hydrogens is 264 g/mol. The van der Waals surface area contributed by atoms with Crippen molar-refractivity contribution in [2.45, 2.75) is 12.8 Å². The first-order valence-electron chi connectivity index (χ1n) is 6.94. The van der Waals surface area contributed by atoms with Gasteiger partial charge in [0.25, 0.3) is 0 Å². The minimum atomic E-state index is 0.837. The van der Waals surface area contributed by atoms with Crippen LogP contribution in [0, 0.1) is 0 Å². The van der Waals surface area contributed by atoms with E-state index in [-0.39, 0.29) is 0 Å². The molecule has 0 spiro atoms. The molecule has 108 valence electrons. The van der Waals surface area contributed by atoms with E-state index in [1.807, 2.05) is 30.3 Å². The Labute approximate surface area is 124 Å². The molecule has 0 unspecified atom stereocenters. The highest BCUT2D eigenvalue weighted by atomic mass is 16.5. The molecule has 0 bridgehead atoms. The summed E-state index contributed by atoms with van der Waals surface area (Å²) in [6.07, 6.45) is 1.98. The number of aryl methyl sites for hydroxylation is 1. The number of hydrogen-bond donors (Lipinski definition) is 1. The molecule has 0 saturated heterocycles. The molecule has 2 aromatic rings. The van der Waals surface area contributed by atoms with Crippen LogP contribution in [0.5, 0.6) is 11.5 Å². The topological polar surface area (TPSA) is 42.8 Å². The third-order valence-electron chi connectivity index (χ3n) is 3.67. The Kier molecular flexibility index (Phi) is 3.77. The highest BCUT2D eigenvalue weighted by Gasteiger charge is 2.18. The first-order valence-corrected chi connectivity index (χ1v) is 6.94. The second kappa shape index (κ2) is 5.87. The smallest absolute Gasteiger partial charge is 0.119 e. The van der Waals surface area contributed by atoms with Gasteiger partial charge in [-0.15, -0.1) is 0 Å². The summed E-state index contributed by atoms with van der Waals surface area (Å²) >= 11 is 0. The van der Waals surface area contributed by atoms with Crippen LogP contribution in [0.25, 0.3) is 0 Å². The van der Waals surface area contributed by atoms with Crippen LogP contribution < -0.4 is 14.9 Å². The SMILES string of the molecule is COc1ccc(N/N=C2\CCc3ccc(OC)cc32)cc1. The van der Waals surface area contributed by atoms with Gasteiger partial charge >= 0.3 is 0 Å². The van der Waals surface area contributed by atoms with Crippen LogP contribution in [0.4, 0.5) is 5.69 Å². The molecule has 1 N–H and O–H groups in total. The normalized spacial score (nSPS) is 14.9. The van der Waals surface area contributed by atoms with Crippen LogP contribution in [0.1, 0.15) is 17.5 Å². The van der Waals surface area contributed by atoms with Crippen LogP contribution in [0.3, 0.4) is 0 Å². The van der Waals surface area contributed by atoms with Crippen LogP contribution in [0.15, 0.2) is 47.6 Å². The van der Waals surface area contributed by atoms with E-state index >= 15 is 0 Å². The second-order valence-corrected chi connectivity index (χ2v) is 4.92. The lowest BCUT2D eigenvalue weighted by molar-refractivity contribution is 0.414. The molecule has 0 heterocycles. The van der Waals surface area contributed by atoms with Gasteiger partial charge in [-0.2, -0.15) is 5.10 Å². The lowest BCUT2D eigenvalue weighted by Gasteiger charge is -2.06. The summed E-state index contributed by atoms with van der Waals surface area (Å²) in [6, 6.07) is 13.9. The Morgan fingerprint density at radius 3 is 2.33 bits per heavy atom. The van der Waals surface area contributed by atoms with Gasteiger partial charge < -0.3 is 9.47 Å². The molecule has 0 saturated carbocycles. The fourth-order valence-electron chi connectivity index (χ4n) is 2.47. The lowest BCUT2D eigenvalue weighted by Crippen LogP contribution is -2.00. The van der Waals surface area contributed by atoms with E-state index in [2.05, 4.69) is 22.7 Å². The van der Waals surface area contributed by atoms with Crippen molar-refractivity contribution in [2.24, 2.45) is 5.10 Å². The van der Waals surface area contributed by atoms with E-state index in [0.717, 1.165) is 35.7 Å². The van der Waals surface area contributed by atoms with Crippen molar-refractivity contribution in [3.8, 4) is 11.5 Å². The van der Waals surface area contributed by atoms with Gasteiger partial charge in [-0.25, -0.2) is 0 Å². The Balaban J connectivity index is 1.79. The summed E-state index contributed by atoms with van der Waals surface area (Å²) in [5, 5.41) is 4.54. The van der Waals surface area contributed by atoms with Crippen molar-refractivity contribution >= 4 is 11.4 Å². The number of anilines is 1. The molecule has 2 aromatic carbocycles. The fraction of sp³-hybridized carbons (Fsp3) is 0.235. The van der Waals surface area contributed by atoms with E-state index in [1.54, 1.807) is 14.2 Å². The van der Waals surface area contributed by atoms with E-state index in [9.17, 15) is 0 Å². The molecule has 1 aliphatic rings. The monoisotopic (exact) mass is 282 g/mol. The zero-order valence-corrected chi connectivity index (χ0v) is 12.2. The molecule has 0 aromatic heterocycles. The Hall–Kier alpha value is -2.49. The van der Waals surface area contributed by atoms with E-state index in [4.69, 9.17) is 9.47 Å². The first kappa shape index (κ1) is 13.5. The van der Waals surface area contributed by atoms with Gasteiger partial charge in [0.2, 0.25) is 0 Å². The average Bonchev–Trinajstić information content (AvgIpc) is 2.95. The van der Waals surface area contributed by atoms with Crippen molar-refractivity contribution in [1.29, 1.82) is 0 Å². The van der Waals surface area contributed by atoms with Gasteiger partial charge in [0.1, 0.15) is 11.5 Å². The van der Waals surface area contributed by atoms with Crippen LogP contribution in [0.2, 0.25) is 0 Å². The molecule has 21 heavy (non-hydrogen) atoms. The molecule has 0 radical (unpaired) electrons. The third-order valence-corrected chi connectivity index (χ3v) is 3.67. The molecule has 3 rings (SSSR count). The number of fused-ring (bicyclic) bond motifs is 1. The molecule has 0 aliphatic heterocycles. The quantitative estimate of drug-likeness (QED) is 0.873. The number of rotatable bonds is 4. The van der Waals surface area contributed by atoms with Gasteiger partial charge in [-0.1, -0.05) is 6.07 Å². The minimum Gasteiger partial charge on any atom is -0.497 e. The van der Waals surface area contributed by atoms with Crippen molar-refractivity contribution in [2.75, 3.05) is 19.6 Å². The highest BCUT2D eigenvalue weighted by molar-refractivity contribution is 6.05. The van der Waals surface area contributed by atoms with Gasteiger partial charge in [-0.05, 0) is 54.8 Å². The minimum absolute atomic E-state index is 0.837. The third kappa shape index (κ3) is 2.84. The number of hydrazone groups is 1. The molecule has 0 atom stereocenters. The number of nitrogens with one attached hydrogen (secondary N) is 1. The maximum atomic E-state index is 5.29. The number of benzene rings is 2. The summed E-state index contributed by atoms with van der Waals surface area (Å²) in [6.45, 7) is 0. The molecule has 1 aliphatic carbocycles. The van der Waals surface area contributed by atoms with Crippen molar-refractivity contribution in [3.63, 3.8) is 0 Å². The van der Waals surface area contributed by atoms with E-state index in [0.29, 0.717) is 0 Å². The molecule has 4 nitrogen and oxygen atoms in total. The maximum absolute atomic E-state index is 5.29. The summed E-state index contributed by atoms with van der Waals surface area (Å²) in [5.74, 6) is 1.71. The summed E-state index contributed by atoms with van der Waals surface area (Å²) < 4.78 is 10.4. The fourth-order valence-corrected chi connectivity index (χ4v) is 2.47. The largest absolute Gasteiger partial charge is 0.497 e. The molecular formula is C17H18N2O2. The zero-order chi connectivity index (χ0) is 14.7. The number of methoxy groups -OCH3 is 2. The average molecular weight is 282 g/mol. The molecule has 0 fully saturated rings. The van der Waals surface area contributed by atoms with Gasteiger partial charge in [-0.3, -0.25) is 5.43 Å². The molecule has 4 heteroatoms. The molecule has 0 amide bonds. The Morgan fingerprint density at radius 2 is 1.62 bits per heavy atom. The maximum Gasteiger partial charge on any atom is 0.119 e. The van der Waals surface area contributed by atoms with Crippen LogP contribution >= 0.6 is 0 Å². The lowest BCUT2D eigenvalue weighted by atomic mass is 10.1. The predicted molar refractivity (Wildman–Crippen MR) is 84.5 cm³/mol. The highest BCUT2D eigenvalue weighted by Crippen LogP contribution is 2.27. The van der Waals surface area contributed by atoms with Crippen LogP contribution in [-0.2, 0) is 6.42 Å². The van der Waals surface area contributed by atoms with Crippen molar-refractivity contribution in [3.05, 3.63) is 53.6 Å². The van der Waals surface area contributed by atoms with E-state index < -0.39 is 0 Å². The summed E-state index contributed by atoms with van der Waals surface area (Å²) in [5.41, 5.74) is 7.62. The van der Waals surface area contributed by atoms with Gasteiger partial charge in [0.05, 0.1) is 25.6 Å². The summed E-state index contributed by atoms with van der Waals surface area (Å²) in [4.78, 5) is 0. The second-order valence-electron chi connectivity index (χ2n) is 4.92. The van der Waals surface area contributed by atoms with Gasteiger partial charge in [0.15, 0.2) is 0 Å². The summed E-state index contributed by atoms with van der Waals surface area (Å²) in [7, 11) is 3.34. The number of nitrogens with zero attached hydrogens (tertiary/aromatic N) is 1. The Bertz CT molecular complexity index is 663. The van der Waals surface area contributed by atoms with Crippen molar-refractivity contribution < 1.29 is 9.47 Å². The first-order chi connectivity index (χ1) is 10.3. The number of ether oxygens (including phenoxy) is 2. The standard InChI is InChI=1S/C17H18N2O2/c1-20-14-8-5-13(6-9-14)18-19-17-10-4-12-3-7-15(21-2)11-16(12)17/h3,5-9,11,18H,4,10H2,1-2H3/b19-17+. The number of hydrogen-bond acceptors (Lipinski definition) is 4. The zero-order valence-electron chi connectivity index (χ0n) is 12.2.